The predicted molar refractivity (Wildman–Crippen MR) is 79.0 cm³/mol. The van der Waals surface area contributed by atoms with Crippen molar-refractivity contribution in [3.8, 4) is 0 Å². The molecule has 1 rings (SSSR count). The highest BCUT2D eigenvalue weighted by Gasteiger charge is 2.17. The maximum absolute atomic E-state index is 11.5. The van der Waals surface area contributed by atoms with E-state index in [1.54, 1.807) is 11.8 Å². The van der Waals surface area contributed by atoms with Gasteiger partial charge in [0.05, 0.1) is 7.11 Å². The van der Waals surface area contributed by atoms with E-state index in [1.165, 1.54) is 12.0 Å². The average Bonchev–Trinajstić information content (AvgIpc) is 2.39. The van der Waals surface area contributed by atoms with Crippen molar-refractivity contribution in [2.75, 3.05) is 19.4 Å². The van der Waals surface area contributed by atoms with Crippen molar-refractivity contribution in [1.29, 1.82) is 0 Å². The van der Waals surface area contributed by atoms with Crippen molar-refractivity contribution in [1.82, 2.24) is 5.32 Å². The summed E-state index contributed by atoms with van der Waals surface area (Å²) in [6.45, 7) is 2.75. The molecule has 0 fully saturated rings. The molecule has 0 aliphatic rings. The third-order valence-electron chi connectivity index (χ3n) is 2.44. The first kappa shape index (κ1) is 15.5. The molecule has 0 saturated heterocycles. The molecule has 0 aliphatic heterocycles. The quantitative estimate of drug-likeness (QED) is 0.615. The van der Waals surface area contributed by atoms with Crippen LogP contribution in [-0.4, -0.2) is 31.4 Å². The minimum atomic E-state index is -0.213. The number of halogens is 1. The Morgan fingerprint density at radius 3 is 2.83 bits per heavy atom. The normalized spacial score (nSPS) is 12.2. The summed E-state index contributed by atoms with van der Waals surface area (Å²) in [5.41, 5.74) is 0. The molecule has 0 aromatic heterocycles. The monoisotopic (exact) mass is 331 g/mol. The van der Waals surface area contributed by atoms with Crippen LogP contribution in [0, 0.1) is 0 Å². The van der Waals surface area contributed by atoms with E-state index in [-0.39, 0.29) is 12.0 Å². The lowest BCUT2D eigenvalue weighted by Gasteiger charge is -2.15. The van der Waals surface area contributed by atoms with E-state index in [0.717, 1.165) is 23.2 Å². The number of ether oxygens (including phenoxy) is 1. The number of thioether (sulfide) groups is 1. The molecule has 1 aromatic carbocycles. The first-order valence-electron chi connectivity index (χ1n) is 5.87. The fraction of sp³-hybridized carbons (Fsp3) is 0.462. The van der Waals surface area contributed by atoms with E-state index in [0.29, 0.717) is 0 Å². The molecule has 0 aliphatic carbocycles. The molecule has 0 radical (unpaired) electrons. The molecule has 1 unspecified atom stereocenters. The van der Waals surface area contributed by atoms with E-state index in [4.69, 9.17) is 4.74 Å². The molecule has 0 bridgehead atoms. The Kier molecular flexibility index (Phi) is 7.39. The fourth-order valence-electron chi connectivity index (χ4n) is 1.54. The van der Waals surface area contributed by atoms with Gasteiger partial charge in [0, 0.05) is 15.1 Å². The van der Waals surface area contributed by atoms with E-state index in [1.807, 2.05) is 25.1 Å². The van der Waals surface area contributed by atoms with Crippen LogP contribution < -0.4 is 5.32 Å². The van der Waals surface area contributed by atoms with Gasteiger partial charge in [-0.25, -0.2) is 0 Å². The molecule has 0 heterocycles. The molecular weight excluding hydrogens is 314 g/mol. The average molecular weight is 332 g/mol. The van der Waals surface area contributed by atoms with Crippen LogP contribution in [0.5, 0.6) is 0 Å². The van der Waals surface area contributed by atoms with E-state index < -0.39 is 0 Å². The number of likely N-dealkylation sites (N-methyl/N-ethyl adjacent to an activating group) is 1. The molecular formula is C13H18BrNO2S. The van der Waals surface area contributed by atoms with Gasteiger partial charge in [-0.1, -0.05) is 19.1 Å². The Bertz CT molecular complexity index is 387. The van der Waals surface area contributed by atoms with E-state index in [2.05, 4.69) is 27.3 Å². The lowest BCUT2D eigenvalue weighted by atomic mass is 10.2. The second kappa shape index (κ2) is 8.56. The van der Waals surface area contributed by atoms with Gasteiger partial charge in [-0.3, -0.25) is 4.79 Å². The van der Waals surface area contributed by atoms with Crippen LogP contribution in [0.1, 0.15) is 13.3 Å². The van der Waals surface area contributed by atoms with Crippen LogP contribution in [0.4, 0.5) is 0 Å². The lowest BCUT2D eigenvalue weighted by molar-refractivity contribution is -0.143. The number of rotatable bonds is 7. The summed E-state index contributed by atoms with van der Waals surface area (Å²) in [4.78, 5) is 12.7. The van der Waals surface area contributed by atoms with Gasteiger partial charge in [0.15, 0.2) is 0 Å². The van der Waals surface area contributed by atoms with Crippen LogP contribution in [0.15, 0.2) is 33.6 Å². The Morgan fingerprint density at radius 2 is 2.22 bits per heavy atom. The number of methoxy groups -OCH3 is 1. The van der Waals surface area contributed by atoms with Crippen LogP contribution >= 0.6 is 27.7 Å². The largest absolute Gasteiger partial charge is 0.468 e. The molecule has 0 saturated carbocycles. The summed E-state index contributed by atoms with van der Waals surface area (Å²) < 4.78 is 5.86. The van der Waals surface area contributed by atoms with Crippen molar-refractivity contribution in [3.63, 3.8) is 0 Å². The summed E-state index contributed by atoms with van der Waals surface area (Å²) >= 11 is 5.24. The van der Waals surface area contributed by atoms with Crippen molar-refractivity contribution in [2.24, 2.45) is 0 Å². The van der Waals surface area contributed by atoms with Crippen LogP contribution in [-0.2, 0) is 9.53 Å². The van der Waals surface area contributed by atoms with Gasteiger partial charge in [-0.2, -0.15) is 0 Å². The van der Waals surface area contributed by atoms with Gasteiger partial charge in [0.1, 0.15) is 6.04 Å². The molecule has 0 spiro atoms. The zero-order valence-electron chi connectivity index (χ0n) is 10.6. The first-order valence-corrected chi connectivity index (χ1v) is 7.65. The Labute approximate surface area is 121 Å². The van der Waals surface area contributed by atoms with Gasteiger partial charge < -0.3 is 10.1 Å². The van der Waals surface area contributed by atoms with Gasteiger partial charge in [0.25, 0.3) is 0 Å². The number of carbonyl (C=O) groups excluding carboxylic acids is 1. The van der Waals surface area contributed by atoms with E-state index in [9.17, 15) is 4.79 Å². The third kappa shape index (κ3) is 5.00. The van der Waals surface area contributed by atoms with E-state index >= 15 is 0 Å². The Morgan fingerprint density at radius 1 is 1.50 bits per heavy atom. The minimum Gasteiger partial charge on any atom is -0.468 e. The van der Waals surface area contributed by atoms with Crippen molar-refractivity contribution in [3.05, 3.63) is 28.7 Å². The number of nitrogens with one attached hydrogen (secondary N) is 1. The molecule has 1 atom stereocenters. The summed E-state index contributed by atoms with van der Waals surface area (Å²) in [6, 6.07) is 7.87. The second-order valence-electron chi connectivity index (χ2n) is 3.70. The molecule has 0 amide bonds. The summed E-state index contributed by atoms with van der Waals surface area (Å²) in [7, 11) is 1.42. The van der Waals surface area contributed by atoms with Crippen LogP contribution in [0.3, 0.4) is 0 Å². The molecule has 100 valence electrons. The molecule has 3 nitrogen and oxygen atoms in total. The summed E-state index contributed by atoms with van der Waals surface area (Å²) in [6.07, 6.45) is 0.756. The molecule has 1 N–H and O–H groups in total. The number of hydrogen-bond donors (Lipinski definition) is 1. The second-order valence-corrected chi connectivity index (χ2v) is 5.69. The van der Waals surface area contributed by atoms with Gasteiger partial charge in [0.2, 0.25) is 0 Å². The molecule has 18 heavy (non-hydrogen) atoms. The minimum absolute atomic E-state index is 0.190. The molecule has 1 aromatic rings. The number of benzene rings is 1. The highest BCUT2D eigenvalue weighted by Crippen LogP contribution is 2.27. The number of carbonyl (C=O) groups is 1. The first-order chi connectivity index (χ1) is 8.69. The zero-order chi connectivity index (χ0) is 13.4. The standard InChI is InChI=1S/C13H18BrNO2S/c1-3-15-11(13(16)17-2)8-9-18-12-7-5-4-6-10(12)14/h4-7,11,15H,3,8-9H2,1-2H3. The van der Waals surface area contributed by atoms with Crippen molar-refractivity contribution >= 4 is 33.7 Å². The SMILES string of the molecule is CCNC(CCSc1ccccc1Br)C(=O)OC. The maximum Gasteiger partial charge on any atom is 0.322 e. The lowest BCUT2D eigenvalue weighted by Crippen LogP contribution is -2.37. The fourth-order valence-corrected chi connectivity index (χ4v) is 3.12. The number of esters is 1. The predicted octanol–water partition coefficient (Wildman–Crippen LogP) is 3.08. The van der Waals surface area contributed by atoms with Crippen LogP contribution in [0.2, 0.25) is 0 Å². The van der Waals surface area contributed by atoms with Crippen LogP contribution in [0.25, 0.3) is 0 Å². The van der Waals surface area contributed by atoms with Gasteiger partial charge in [-0.05, 0) is 41.0 Å². The van der Waals surface area contributed by atoms with Gasteiger partial charge in [-0.15, -0.1) is 11.8 Å². The highest BCUT2D eigenvalue weighted by molar-refractivity contribution is 9.10. The zero-order valence-corrected chi connectivity index (χ0v) is 13.0. The Hall–Kier alpha value is -0.520. The third-order valence-corrected chi connectivity index (χ3v) is 4.50. The van der Waals surface area contributed by atoms with Crippen molar-refractivity contribution in [2.45, 2.75) is 24.3 Å². The van der Waals surface area contributed by atoms with Crippen molar-refractivity contribution < 1.29 is 9.53 Å². The highest BCUT2D eigenvalue weighted by atomic mass is 79.9. The molecule has 5 heteroatoms. The summed E-state index contributed by atoms with van der Waals surface area (Å²) in [5.74, 6) is 0.680. The number of hydrogen-bond acceptors (Lipinski definition) is 4. The topological polar surface area (TPSA) is 38.3 Å². The maximum atomic E-state index is 11.5. The Balaban J connectivity index is 2.44. The summed E-state index contributed by atoms with van der Waals surface area (Å²) in [5, 5.41) is 3.13. The van der Waals surface area contributed by atoms with Gasteiger partial charge >= 0.3 is 5.97 Å². The smallest absolute Gasteiger partial charge is 0.322 e.